The van der Waals surface area contributed by atoms with E-state index in [0.717, 1.165) is 57.8 Å². The van der Waals surface area contributed by atoms with Crippen molar-refractivity contribution in [2.24, 2.45) is 0 Å². The van der Waals surface area contributed by atoms with E-state index < -0.39 is 18.1 Å². The number of hydrogen-bond acceptors (Lipinski definition) is 7. The second-order valence-electron chi connectivity index (χ2n) is 20.2. The third kappa shape index (κ3) is 46.7. The summed E-state index contributed by atoms with van der Waals surface area (Å²) < 4.78 is 17.3. The molecule has 0 aliphatic heterocycles. The molecule has 0 saturated heterocycles. The molecule has 0 saturated carbocycles. The van der Waals surface area contributed by atoms with Crippen LogP contribution in [0.4, 0.5) is 0 Å². The Morgan fingerprint density at radius 1 is 0.470 bits per heavy atom. The molecule has 2 atom stereocenters. The number of carbonyl (C=O) groups excluding carboxylic acids is 3. The smallest absolute Gasteiger partial charge is 0.306 e. The average molecular weight is 930 g/mol. The number of carboxylic acid groups (broad SMARTS) is 1. The Hall–Kier alpha value is -2.45. The van der Waals surface area contributed by atoms with Crippen molar-refractivity contribution in [1.29, 1.82) is 0 Å². The molecule has 0 heterocycles. The van der Waals surface area contributed by atoms with Gasteiger partial charge in [0.05, 0.1) is 40.3 Å². The van der Waals surface area contributed by atoms with Crippen LogP contribution in [0.25, 0.3) is 0 Å². The van der Waals surface area contributed by atoms with Gasteiger partial charge in [0.1, 0.15) is 12.6 Å². The molecule has 0 fully saturated rings. The third-order valence-corrected chi connectivity index (χ3v) is 12.8. The summed E-state index contributed by atoms with van der Waals surface area (Å²) in [5.41, 5.74) is 0. The van der Waals surface area contributed by atoms with Crippen molar-refractivity contribution in [3.8, 4) is 0 Å². The Balaban J connectivity index is 4.15. The second-order valence-corrected chi connectivity index (χ2v) is 20.2. The van der Waals surface area contributed by atoms with Crippen LogP contribution in [-0.2, 0) is 28.6 Å². The van der Waals surface area contributed by atoms with Gasteiger partial charge in [-0.2, -0.15) is 0 Å². The molecule has 66 heavy (non-hydrogen) atoms. The molecular formula is C58H107NO7. The van der Waals surface area contributed by atoms with Crippen LogP contribution in [-0.4, -0.2) is 75.5 Å². The molecule has 0 radical (unpaired) electrons. The first-order chi connectivity index (χ1) is 32.1. The predicted octanol–water partition coefficient (Wildman–Crippen LogP) is 15.2. The first-order valence-corrected chi connectivity index (χ1v) is 28.0. The van der Waals surface area contributed by atoms with Crippen molar-refractivity contribution in [3.05, 3.63) is 36.5 Å². The lowest BCUT2D eigenvalue weighted by Gasteiger charge is -2.34. The van der Waals surface area contributed by atoms with Gasteiger partial charge >= 0.3 is 11.9 Å². The summed E-state index contributed by atoms with van der Waals surface area (Å²) in [5.74, 6) is -1.72. The number of ether oxygens (including phenoxy) is 3. The topological polar surface area (TPSA) is 102 Å². The molecule has 0 aliphatic rings. The van der Waals surface area contributed by atoms with Gasteiger partial charge in [-0.3, -0.25) is 9.59 Å². The Kier molecular flexibility index (Phi) is 47.2. The van der Waals surface area contributed by atoms with E-state index in [1.807, 2.05) is 21.1 Å². The van der Waals surface area contributed by atoms with Crippen LogP contribution in [0.3, 0.4) is 0 Å². The Labute approximate surface area is 408 Å². The van der Waals surface area contributed by atoms with Crippen LogP contribution in [0.2, 0.25) is 0 Å². The number of hydrogen-bond donors (Lipinski definition) is 0. The molecule has 0 bridgehead atoms. The van der Waals surface area contributed by atoms with E-state index in [1.165, 1.54) is 173 Å². The average Bonchev–Trinajstić information content (AvgIpc) is 3.28. The van der Waals surface area contributed by atoms with Crippen molar-refractivity contribution in [2.75, 3.05) is 41.0 Å². The molecule has 0 amide bonds. The number of carboxylic acids is 1. The summed E-state index contributed by atoms with van der Waals surface area (Å²) in [6.07, 6.45) is 59.0. The number of quaternary nitrogens is 1. The number of nitrogens with zero attached hydrogens (tertiary/aromatic N) is 1. The van der Waals surface area contributed by atoms with Crippen LogP contribution in [0.15, 0.2) is 36.5 Å². The molecule has 8 nitrogen and oxygen atoms in total. The molecule has 0 spiro atoms. The van der Waals surface area contributed by atoms with Gasteiger partial charge in [0, 0.05) is 19.3 Å². The number of rotatable bonds is 51. The van der Waals surface area contributed by atoms with Crippen LogP contribution in [0.1, 0.15) is 264 Å². The summed E-state index contributed by atoms with van der Waals surface area (Å²) in [5, 5.41) is 11.7. The standard InChI is InChI=1S/C58H107NO7/c1-6-8-10-12-14-16-18-20-22-24-26-28-29-31-32-34-36-38-40-42-44-46-48-56(60)65-53-54(52-64-51-50-55(58(62)63)59(3,4)5)66-57(61)49-47-45-43-41-39-37-35-33-30-27-25-23-21-19-17-15-13-11-9-7-2/h9,11,15,17,21,23,54-55H,6-8,10,12-14,16,18-20,22,24-53H2,1-5H3/b11-9+,17-15+,23-21+. The van der Waals surface area contributed by atoms with Gasteiger partial charge in [-0.25, -0.2) is 0 Å². The fourth-order valence-electron chi connectivity index (χ4n) is 8.50. The van der Waals surface area contributed by atoms with E-state index in [4.69, 9.17) is 14.2 Å². The minimum Gasteiger partial charge on any atom is -0.544 e. The SMILES string of the molecule is CC/C=C/C/C=C/C/C=C/CCCCCCCCCCCCC(=O)OC(COCCC(C(=O)[O-])[N+](C)(C)C)COC(=O)CCCCCCCCCCCCCCCCCCCCCCCC. The van der Waals surface area contributed by atoms with Crippen molar-refractivity contribution in [1.82, 2.24) is 0 Å². The second kappa shape index (κ2) is 49.0. The highest BCUT2D eigenvalue weighted by Crippen LogP contribution is 2.17. The highest BCUT2D eigenvalue weighted by Gasteiger charge is 2.25. The lowest BCUT2D eigenvalue weighted by molar-refractivity contribution is -0.889. The fraction of sp³-hybridized carbons (Fsp3) is 0.845. The van der Waals surface area contributed by atoms with Crippen LogP contribution in [0.5, 0.6) is 0 Å². The lowest BCUT2D eigenvalue weighted by atomic mass is 10.0. The fourth-order valence-corrected chi connectivity index (χ4v) is 8.50. The van der Waals surface area contributed by atoms with E-state index in [2.05, 4.69) is 50.3 Å². The van der Waals surface area contributed by atoms with Crippen molar-refractivity contribution in [3.63, 3.8) is 0 Å². The highest BCUT2D eigenvalue weighted by molar-refractivity contribution is 5.70. The molecule has 386 valence electrons. The molecule has 0 aromatic heterocycles. The third-order valence-electron chi connectivity index (χ3n) is 12.8. The molecule has 0 aromatic rings. The maximum absolute atomic E-state index is 12.8. The zero-order valence-corrected chi connectivity index (χ0v) is 44.1. The van der Waals surface area contributed by atoms with Gasteiger partial charge in [-0.15, -0.1) is 0 Å². The molecule has 8 heteroatoms. The quantitative estimate of drug-likeness (QED) is 0.0259. The molecule has 0 rings (SSSR count). The van der Waals surface area contributed by atoms with Gasteiger partial charge < -0.3 is 28.6 Å². The lowest BCUT2D eigenvalue weighted by Crippen LogP contribution is -2.55. The minimum absolute atomic E-state index is 0.0427. The zero-order valence-electron chi connectivity index (χ0n) is 44.1. The normalized spacial score (nSPS) is 13.0. The van der Waals surface area contributed by atoms with Crippen LogP contribution < -0.4 is 5.11 Å². The van der Waals surface area contributed by atoms with Gasteiger partial charge in [-0.05, 0) is 44.9 Å². The number of carbonyl (C=O) groups is 3. The summed E-state index contributed by atoms with van der Waals surface area (Å²) in [6, 6.07) is -0.726. The summed E-state index contributed by atoms with van der Waals surface area (Å²) in [4.78, 5) is 37.1. The maximum atomic E-state index is 12.8. The van der Waals surface area contributed by atoms with Crippen LogP contribution in [0, 0.1) is 0 Å². The maximum Gasteiger partial charge on any atom is 0.306 e. The number of esters is 2. The van der Waals surface area contributed by atoms with E-state index in [9.17, 15) is 19.5 Å². The number of allylic oxidation sites excluding steroid dienone is 6. The molecule has 0 aliphatic carbocycles. The van der Waals surface area contributed by atoms with Gasteiger partial charge in [0.2, 0.25) is 0 Å². The Bertz CT molecular complexity index is 1170. The van der Waals surface area contributed by atoms with Gasteiger partial charge in [0.15, 0.2) is 6.10 Å². The largest absolute Gasteiger partial charge is 0.544 e. The van der Waals surface area contributed by atoms with E-state index >= 15 is 0 Å². The Morgan fingerprint density at radius 3 is 1.26 bits per heavy atom. The number of likely N-dealkylation sites (N-methyl/N-ethyl adjacent to an activating group) is 1. The molecule has 0 aromatic carbocycles. The van der Waals surface area contributed by atoms with E-state index in [-0.39, 0.29) is 42.7 Å². The zero-order chi connectivity index (χ0) is 48.4. The highest BCUT2D eigenvalue weighted by atomic mass is 16.6. The summed E-state index contributed by atoms with van der Waals surface area (Å²) in [6.45, 7) is 4.60. The molecule has 2 unspecified atom stereocenters. The van der Waals surface area contributed by atoms with E-state index in [0.29, 0.717) is 12.8 Å². The Morgan fingerprint density at radius 2 is 0.848 bits per heavy atom. The first kappa shape index (κ1) is 63.5. The number of aliphatic carboxylic acids is 1. The van der Waals surface area contributed by atoms with Crippen molar-refractivity contribution < 1.29 is 38.2 Å². The molecule has 0 N–H and O–H groups in total. The predicted molar refractivity (Wildman–Crippen MR) is 277 cm³/mol. The summed E-state index contributed by atoms with van der Waals surface area (Å²) >= 11 is 0. The number of unbranched alkanes of at least 4 members (excludes halogenated alkanes) is 31. The van der Waals surface area contributed by atoms with Gasteiger partial charge in [-0.1, -0.05) is 237 Å². The summed E-state index contributed by atoms with van der Waals surface area (Å²) in [7, 11) is 5.43. The minimum atomic E-state index is -1.12. The monoisotopic (exact) mass is 930 g/mol. The van der Waals surface area contributed by atoms with Crippen molar-refractivity contribution in [2.45, 2.75) is 276 Å². The van der Waals surface area contributed by atoms with Gasteiger partial charge in [0.25, 0.3) is 0 Å². The molecular weight excluding hydrogens is 823 g/mol. The van der Waals surface area contributed by atoms with E-state index in [1.54, 1.807) is 0 Å². The first-order valence-electron chi connectivity index (χ1n) is 28.0. The van der Waals surface area contributed by atoms with Crippen LogP contribution >= 0.6 is 0 Å². The van der Waals surface area contributed by atoms with Crippen molar-refractivity contribution >= 4 is 17.9 Å².